The highest BCUT2D eigenvalue weighted by Gasteiger charge is 2.11. The van der Waals surface area contributed by atoms with Crippen LogP contribution in [0.25, 0.3) is 10.9 Å². The van der Waals surface area contributed by atoms with Crippen LogP contribution in [-0.2, 0) is 19.4 Å². The van der Waals surface area contributed by atoms with Gasteiger partial charge in [-0.05, 0) is 29.7 Å². The third-order valence-corrected chi connectivity index (χ3v) is 4.61. The van der Waals surface area contributed by atoms with Gasteiger partial charge in [-0.3, -0.25) is 9.36 Å². The van der Waals surface area contributed by atoms with E-state index in [4.69, 9.17) is 4.98 Å². The SMILES string of the molecule is O=c1c2ccccc2nc(Cc2ccccc2)n1CCc1ccccc1. The van der Waals surface area contributed by atoms with Crippen molar-refractivity contribution in [2.45, 2.75) is 19.4 Å². The predicted molar refractivity (Wildman–Crippen MR) is 105 cm³/mol. The van der Waals surface area contributed by atoms with Crippen LogP contribution in [0.15, 0.2) is 89.7 Å². The molecular weight excluding hydrogens is 320 g/mol. The molecule has 3 nitrogen and oxygen atoms in total. The number of benzene rings is 3. The Hall–Kier alpha value is -3.20. The van der Waals surface area contributed by atoms with E-state index < -0.39 is 0 Å². The largest absolute Gasteiger partial charge is 0.296 e. The summed E-state index contributed by atoms with van der Waals surface area (Å²) >= 11 is 0. The maximum absolute atomic E-state index is 13.1. The summed E-state index contributed by atoms with van der Waals surface area (Å²) in [6.45, 7) is 0.628. The van der Waals surface area contributed by atoms with Crippen molar-refractivity contribution < 1.29 is 0 Å². The van der Waals surface area contributed by atoms with Crippen LogP contribution < -0.4 is 5.56 Å². The Morgan fingerprint density at radius 2 is 1.35 bits per heavy atom. The molecule has 0 saturated carbocycles. The Morgan fingerprint density at radius 3 is 2.08 bits per heavy atom. The van der Waals surface area contributed by atoms with Crippen molar-refractivity contribution in [3.63, 3.8) is 0 Å². The molecule has 0 fully saturated rings. The lowest BCUT2D eigenvalue weighted by Gasteiger charge is -2.14. The van der Waals surface area contributed by atoms with E-state index >= 15 is 0 Å². The Bertz CT molecular complexity index is 1070. The van der Waals surface area contributed by atoms with Crippen molar-refractivity contribution in [1.82, 2.24) is 9.55 Å². The maximum atomic E-state index is 13.1. The number of nitrogens with zero attached hydrogens (tertiary/aromatic N) is 2. The smallest absolute Gasteiger partial charge is 0.261 e. The molecule has 4 aromatic rings. The quantitative estimate of drug-likeness (QED) is 0.545. The highest BCUT2D eigenvalue weighted by Crippen LogP contribution is 2.13. The minimum Gasteiger partial charge on any atom is -0.296 e. The van der Waals surface area contributed by atoms with Gasteiger partial charge in [-0.15, -0.1) is 0 Å². The first-order valence-corrected chi connectivity index (χ1v) is 8.87. The summed E-state index contributed by atoms with van der Waals surface area (Å²) in [7, 11) is 0. The van der Waals surface area contributed by atoms with E-state index in [0.29, 0.717) is 18.4 Å². The zero-order valence-electron chi connectivity index (χ0n) is 14.5. The first-order chi connectivity index (χ1) is 12.8. The Kier molecular flexibility index (Phi) is 4.61. The number of fused-ring (bicyclic) bond motifs is 1. The molecule has 3 heteroatoms. The summed E-state index contributed by atoms with van der Waals surface area (Å²) < 4.78 is 1.84. The van der Waals surface area contributed by atoms with Gasteiger partial charge in [-0.1, -0.05) is 72.8 Å². The standard InChI is InChI=1S/C23H20N2O/c26-23-20-13-7-8-14-21(20)24-22(17-19-11-5-2-6-12-19)25(23)16-15-18-9-3-1-4-10-18/h1-14H,15-17H2. The molecule has 0 amide bonds. The second kappa shape index (κ2) is 7.36. The van der Waals surface area contributed by atoms with Gasteiger partial charge in [-0.2, -0.15) is 0 Å². The second-order valence-electron chi connectivity index (χ2n) is 6.40. The highest BCUT2D eigenvalue weighted by molar-refractivity contribution is 5.77. The van der Waals surface area contributed by atoms with E-state index in [9.17, 15) is 4.79 Å². The summed E-state index contributed by atoms with van der Waals surface area (Å²) in [5.41, 5.74) is 3.18. The number of aromatic nitrogens is 2. The lowest BCUT2D eigenvalue weighted by Crippen LogP contribution is -2.26. The minimum absolute atomic E-state index is 0.0393. The summed E-state index contributed by atoms with van der Waals surface area (Å²) in [6, 6.07) is 28.0. The van der Waals surface area contributed by atoms with Gasteiger partial charge in [0.1, 0.15) is 5.82 Å². The van der Waals surface area contributed by atoms with Crippen LogP contribution in [0, 0.1) is 0 Å². The molecule has 0 aliphatic heterocycles. The van der Waals surface area contributed by atoms with Crippen LogP contribution in [0.3, 0.4) is 0 Å². The van der Waals surface area contributed by atoms with E-state index in [-0.39, 0.29) is 5.56 Å². The minimum atomic E-state index is 0.0393. The molecule has 0 bridgehead atoms. The summed E-state index contributed by atoms with van der Waals surface area (Å²) in [4.78, 5) is 17.9. The fourth-order valence-electron chi connectivity index (χ4n) is 3.24. The van der Waals surface area contributed by atoms with Crippen molar-refractivity contribution in [1.29, 1.82) is 0 Å². The number of hydrogen-bond donors (Lipinski definition) is 0. The molecule has 0 saturated heterocycles. The van der Waals surface area contributed by atoms with Crippen LogP contribution in [0.4, 0.5) is 0 Å². The fraction of sp³-hybridized carbons (Fsp3) is 0.130. The summed E-state index contributed by atoms with van der Waals surface area (Å²) in [5, 5.41) is 0.678. The first kappa shape index (κ1) is 16.3. The Morgan fingerprint density at radius 1 is 0.731 bits per heavy atom. The summed E-state index contributed by atoms with van der Waals surface area (Å²) in [5.74, 6) is 0.816. The second-order valence-corrected chi connectivity index (χ2v) is 6.40. The first-order valence-electron chi connectivity index (χ1n) is 8.87. The molecule has 0 radical (unpaired) electrons. The topological polar surface area (TPSA) is 34.9 Å². The van der Waals surface area contributed by atoms with Crippen molar-refractivity contribution in [3.05, 3.63) is 112 Å². The number of aryl methyl sites for hydroxylation is 1. The molecule has 0 aliphatic carbocycles. The van der Waals surface area contributed by atoms with Crippen LogP contribution in [0.1, 0.15) is 17.0 Å². The number of para-hydroxylation sites is 1. The van der Waals surface area contributed by atoms with Gasteiger partial charge in [0.15, 0.2) is 0 Å². The lowest BCUT2D eigenvalue weighted by molar-refractivity contribution is 0.626. The van der Waals surface area contributed by atoms with Gasteiger partial charge in [0.25, 0.3) is 5.56 Å². The third kappa shape index (κ3) is 3.42. The monoisotopic (exact) mass is 340 g/mol. The zero-order valence-corrected chi connectivity index (χ0v) is 14.5. The van der Waals surface area contributed by atoms with Crippen LogP contribution in [0.5, 0.6) is 0 Å². The average Bonchev–Trinajstić information content (AvgIpc) is 2.69. The van der Waals surface area contributed by atoms with E-state index in [1.165, 1.54) is 5.56 Å². The maximum Gasteiger partial charge on any atom is 0.261 e. The lowest BCUT2D eigenvalue weighted by atomic mass is 10.1. The normalized spacial score (nSPS) is 10.9. The molecule has 1 aromatic heterocycles. The number of rotatable bonds is 5. The van der Waals surface area contributed by atoms with E-state index in [1.807, 2.05) is 65.2 Å². The fourth-order valence-corrected chi connectivity index (χ4v) is 3.24. The molecule has 0 unspecified atom stereocenters. The van der Waals surface area contributed by atoms with Crippen LogP contribution in [0.2, 0.25) is 0 Å². The highest BCUT2D eigenvalue weighted by atomic mass is 16.1. The van der Waals surface area contributed by atoms with Gasteiger partial charge in [0.05, 0.1) is 10.9 Å². The van der Waals surface area contributed by atoms with E-state index in [0.717, 1.165) is 23.3 Å². The number of hydrogen-bond acceptors (Lipinski definition) is 2. The molecule has 0 atom stereocenters. The van der Waals surface area contributed by atoms with E-state index in [2.05, 4.69) is 24.3 Å². The average molecular weight is 340 g/mol. The molecule has 0 N–H and O–H groups in total. The van der Waals surface area contributed by atoms with Gasteiger partial charge in [-0.25, -0.2) is 4.98 Å². The van der Waals surface area contributed by atoms with Crippen molar-refractivity contribution in [2.24, 2.45) is 0 Å². The zero-order chi connectivity index (χ0) is 17.8. The van der Waals surface area contributed by atoms with Crippen molar-refractivity contribution >= 4 is 10.9 Å². The molecule has 26 heavy (non-hydrogen) atoms. The molecule has 4 rings (SSSR count). The third-order valence-electron chi connectivity index (χ3n) is 4.61. The van der Waals surface area contributed by atoms with Crippen LogP contribution in [-0.4, -0.2) is 9.55 Å². The predicted octanol–water partition coefficient (Wildman–Crippen LogP) is 4.23. The molecule has 3 aromatic carbocycles. The Balaban J connectivity index is 1.76. The van der Waals surface area contributed by atoms with Gasteiger partial charge < -0.3 is 0 Å². The van der Waals surface area contributed by atoms with Gasteiger partial charge >= 0.3 is 0 Å². The van der Waals surface area contributed by atoms with Gasteiger partial charge in [0.2, 0.25) is 0 Å². The van der Waals surface area contributed by atoms with Crippen molar-refractivity contribution in [2.75, 3.05) is 0 Å². The van der Waals surface area contributed by atoms with E-state index in [1.54, 1.807) is 0 Å². The molecule has 128 valence electrons. The molecule has 1 heterocycles. The van der Waals surface area contributed by atoms with Gasteiger partial charge in [0, 0.05) is 13.0 Å². The van der Waals surface area contributed by atoms with Crippen molar-refractivity contribution in [3.8, 4) is 0 Å². The summed E-state index contributed by atoms with van der Waals surface area (Å²) in [6.07, 6.45) is 1.46. The van der Waals surface area contributed by atoms with Crippen LogP contribution >= 0.6 is 0 Å². The molecule has 0 aliphatic rings. The molecular formula is C23H20N2O. The molecule has 0 spiro atoms. The Labute approximate surface area is 152 Å².